The van der Waals surface area contributed by atoms with Crippen LogP contribution in [0.5, 0.6) is 0 Å². The van der Waals surface area contributed by atoms with E-state index in [9.17, 15) is 13.2 Å². The van der Waals surface area contributed by atoms with Gasteiger partial charge in [0.15, 0.2) is 0 Å². The van der Waals surface area contributed by atoms with Crippen molar-refractivity contribution in [2.24, 2.45) is 0 Å². The Labute approximate surface area is 119 Å². The molecule has 0 saturated heterocycles. The van der Waals surface area contributed by atoms with Gasteiger partial charge in [0.25, 0.3) is 0 Å². The highest BCUT2D eigenvalue weighted by molar-refractivity contribution is 7.89. The number of hydrogen-bond donors (Lipinski definition) is 2. The SMILES string of the molecule is CN(C)S(=O)(=O)CCNC(=O)C1Cc2ccccc2N1. The van der Waals surface area contributed by atoms with E-state index in [2.05, 4.69) is 10.6 Å². The van der Waals surface area contributed by atoms with E-state index in [0.29, 0.717) is 6.42 Å². The number of nitrogens with one attached hydrogen (secondary N) is 2. The molecule has 1 aliphatic rings. The number of amides is 1. The molecule has 110 valence electrons. The third-order valence-corrected chi connectivity index (χ3v) is 5.14. The molecule has 7 heteroatoms. The summed E-state index contributed by atoms with van der Waals surface area (Å²) in [5, 5.41) is 5.80. The lowest BCUT2D eigenvalue weighted by atomic mass is 10.1. The largest absolute Gasteiger partial charge is 0.373 e. The second-order valence-electron chi connectivity index (χ2n) is 4.95. The Morgan fingerprint density at radius 3 is 2.75 bits per heavy atom. The number of fused-ring (bicyclic) bond motifs is 1. The van der Waals surface area contributed by atoms with E-state index in [1.54, 1.807) is 0 Å². The maximum atomic E-state index is 12.0. The van der Waals surface area contributed by atoms with Crippen LogP contribution in [0.15, 0.2) is 24.3 Å². The quantitative estimate of drug-likeness (QED) is 0.804. The summed E-state index contributed by atoms with van der Waals surface area (Å²) in [5.41, 5.74) is 2.07. The molecular weight excluding hydrogens is 278 g/mol. The van der Waals surface area contributed by atoms with E-state index in [1.807, 2.05) is 24.3 Å². The van der Waals surface area contributed by atoms with Crippen molar-refractivity contribution < 1.29 is 13.2 Å². The number of benzene rings is 1. The first-order chi connectivity index (χ1) is 9.40. The van der Waals surface area contributed by atoms with Gasteiger partial charge in [-0.15, -0.1) is 0 Å². The van der Waals surface area contributed by atoms with Crippen LogP contribution in [0.2, 0.25) is 0 Å². The number of carbonyl (C=O) groups excluding carboxylic acids is 1. The average molecular weight is 297 g/mol. The Morgan fingerprint density at radius 2 is 2.10 bits per heavy atom. The number of anilines is 1. The van der Waals surface area contributed by atoms with Gasteiger partial charge in [-0.25, -0.2) is 12.7 Å². The molecule has 1 unspecified atom stereocenters. The number of hydrogen-bond acceptors (Lipinski definition) is 4. The molecule has 0 saturated carbocycles. The van der Waals surface area contributed by atoms with Crippen LogP contribution in [0.25, 0.3) is 0 Å². The van der Waals surface area contributed by atoms with Crippen molar-refractivity contribution in [3.8, 4) is 0 Å². The number of para-hydroxylation sites is 1. The van der Waals surface area contributed by atoms with Crippen LogP contribution in [0.4, 0.5) is 5.69 Å². The third kappa shape index (κ3) is 3.29. The van der Waals surface area contributed by atoms with Gasteiger partial charge < -0.3 is 10.6 Å². The van der Waals surface area contributed by atoms with Crippen molar-refractivity contribution >= 4 is 21.6 Å². The Balaban J connectivity index is 1.83. The number of nitrogens with zero attached hydrogens (tertiary/aromatic N) is 1. The van der Waals surface area contributed by atoms with Crippen LogP contribution in [0, 0.1) is 0 Å². The second-order valence-corrected chi connectivity index (χ2v) is 7.25. The molecule has 1 atom stereocenters. The molecule has 20 heavy (non-hydrogen) atoms. The molecule has 1 aromatic rings. The van der Waals surface area contributed by atoms with Gasteiger partial charge in [-0.1, -0.05) is 18.2 Å². The van der Waals surface area contributed by atoms with Gasteiger partial charge in [-0.2, -0.15) is 0 Å². The zero-order chi connectivity index (χ0) is 14.8. The van der Waals surface area contributed by atoms with E-state index in [1.165, 1.54) is 14.1 Å². The standard InChI is InChI=1S/C13H19N3O3S/c1-16(2)20(18,19)8-7-14-13(17)12-9-10-5-3-4-6-11(10)15-12/h3-6,12,15H,7-9H2,1-2H3,(H,14,17). The predicted molar refractivity (Wildman–Crippen MR) is 78.0 cm³/mol. The van der Waals surface area contributed by atoms with E-state index in [0.717, 1.165) is 15.6 Å². The maximum Gasteiger partial charge on any atom is 0.242 e. The summed E-state index contributed by atoms with van der Waals surface area (Å²) in [6.45, 7) is 0.119. The molecule has 1 aliphatic heterocycles. The summed E-state index contributed by atoms with van der Waals surface area (Å²) in [5.74, 6) is -0.263. The normalized spacial score (nSPS) is 17.6. The fraction of sp³-hybridized carbons (Fsp3) is 0.462. The summed E-state index contributed by atoms with van der Waals surface area (Å²) in [4.78, 5) is 12.0. The predicted octanol–water partition coefficient (Wildman–Crippen LogP) is 0.0308. The molecule has 1 aromatic carbocycles. The Morgan fingerprint density at radius 1 is 1.40 bits per heavy atom. The lowest BCUT2D eigenvalue weighted by Gasteiger charge is -2.14. The Kier molecular flexibility index (Phi) is 4.29. The van der Waals surface area contributed by atoms with Gasteiger partial charge in [0.1, 0.15) is 6.04 Å². The highest BCUT2D eigenvalue weighted by Gasteiger charge is 2.26. The van der Waals surface area contributed by atoms with E-state index >= 15 is 0 Å². The van der Waals surface area contributed by atoms with Crippen molar-refractivity contribution in [1.29, 1.82) is 0 Å². The first-order valence-electron chi connectivity index (χ1n) is 6.42. The van der Waals surface area contributed by atoms with Crippen LogP contribution in [0.1, 0.15) is 5.56 Å². The number of sulfonamides is 1. The van der Waals surface area contributed by atoms with Crippen molar-refractivity contribution in [3.05, 3.63) is 29.8 Å². The van der Waals surface area contributed by atoms with E-state index in [-0.39, 0.29) is 24.2 Å². The van der Waals surface area contributed by atoms with Crippen molar-refractivity contribution in [3.63, 3.8) is 0 Å². The van der Waals surface area contributed by atoms with Crippen molar-refractivity contribution in [2.45, 2.75) is 12.5 Å². The van der Waals surface area contributed by atoms with Gasteiger partial charge in [0, 0.05) is 32.7 Å². The van der Waals surface area contributed by atoms with Gasteiger partial charge in [-0.3, -0.25) is 4.79 Å². The minimum absolute atomic E-state index is 0.0919. The Hall–Kier alpha value is -1.60. The molecule has 0 bridgehead atoms. The van der Waals surface area contributed by atoms with Crippen molar-refractivity contribution in [1.82, 2.24) is 9.62 Å². The maximum absolute atomic E-state index is 12.0. The van der Waals surface area contributed by atoms with Crippen LogP contribution in [-0.4, -0.2) is 51.1 Å². The molecule has 0 aliphatic carbocycles. The first kappa shape index (κ1) is 14.8. The van der Waals surface area contributed by atoms with Gasteiger partial charge in [0.2, 0.25) is 15.9 Å². The van der Waals surface area contributed by atoms with Crippen LogP contribution in [-0.2, 0) is 21.2 Å². The smallest absolute Gasteiger partial charge is 0.242 e. The highest BCUT2D eigenvalue weighted by atomic mass is 32.2. The molecule has 6 nitrogen and oxygen atoms in total. The highest BCUT2D eigenvalue weighted by Crippen LogP contribution is 2.24. The minimum atomic E-state index is -3.27. The molecular formula is C13H19N3O3S. The number of carbonyl (C=O) groups is 1. The van der Waals surface area contributed by atoms with Gasteiger partial charge in [0.05, 0.1) is 5.75 Å². The molecule has 0 fully saturated rings. The summed E-state index contributed by atoms with van der Waals surface area (Å²) in [7, 11) is -0.316. The lowest BCUT2D eigenvalue weighted by molar-refractivity contribution is -0.121. The first-order valence-corrected chi connectivity index (χ1v) is 8.03. The molecule has 0 spiro atoms. The molecule has 1 heterocycles. The van der Waals surface area contributed by atoms with Crippen LogP contribution < -0.4 is 10.6 Å². The summed E-state index contributed by atoms with van der Waals surface area (Å²) >= 11 is 0. The minimum Gasteiger partial charge on any atom is -0.373 e. The molecule has 0 radical (unpaired) electrons. The van der Waals surface area contributed by atoms with E-state index < -0.39 is 10.0 Å². The Bertz CT molecular complexity index is 574. The third-order valence-electron chi connectivity index (χ3n) is 3.30. The summed E-state index contributed by atoms with van der Waals surface area (Å²) in [6.07, 6.45) is 0.627. The molecule has 0 aromatic heterocycles. The van der Waals surface area contributed by atoms with E-state index in [4.69, 9.17) is 0 Å². The van der Waals surface area contributed by atoms with Crippen molar-refractivity contribution in [2.75, 3.05) is 31.7 Å². The second kappa shape index (κ2) is 5.80. The number of rotatable bonds is 5. The zero-order valence-corrected chi connectivity index (χ0v) is 12.4. The average Bonchev–Trinajstić information content (AvgIpc) is 2.82. The van der Waals surface area contributed by atoms with Crippen LogP contribution >= 0.6 is 0 Å². The molecule has 1 amide bonds. The summed E-state index contributed by atoms with van der Waals surface area (Å²) < 4.78 is 24.3. The fourth-order valence-electron chi connectivity index (χ4n) is 2.06. The van der Waals surface area contributed by atoms with Gasteiger partial charge >= 0.3 is 0 Å². The monoisotopic (exact) mass is 297 g/mol. The van der Waals surface area contributed by atoms with Crippen LogP contribution in [0.3, 0.4) is 0 Å². The molecule has 2 N–H and O–H groups in total. The fourth-order valence-corrected chi connectivity index (χ4v) is 2.79. The lowest BCUT2D eigenvalue weighted by Crippen LogP contribution is -2.41. The topological polar surface area (TPSA) is 78.5 Å². The zero-order valence-electron chi connectivity index (χ0n) is 11.6. The van der Waals surface area contributed by atoms with Gasteiger partial charge in [-0.05, 0) is 11.6 Å². The summed E-state index contributed by atoms with van der Waals surface area (Å²) in [6, 6.07) is 7.43. The molecule has 2 rings (SSSR count).